The highest BCUT2D eigenvalue weighted by Gasteiger charge is 2.26. The number of cyclic esters (lactones) is 1. The fraction of sp³-hybridized carbons (Fsp3) is 0.0833. The molecule has 0 saturated heterocycles. The Bertz CT molecular complexity index is 1190. The number of methoxy groups -OCH3 is 1. The number of hydrogen-bond donors (Lipinski definition) is 0. The monoisotopic (exact) mass is 545 g/mol. The molecule has 0 amide bonds. The Hall–Kier alpha value is -2.84. The third-order valence-electron chi connectivity index (χ3n) is 4.54. The molecule has 0 fully saturated rings. The lowest BCUT2D eigenvalue weighted by Crippen LogP contribution is -2.05. The first-order valence-corrected chi connectivity index (χ1v) is 10.8. The third kappa shape index (κ3) is 4.91. The van der Waals surface area contributed by atoms with Crippen molar-refractivity contribution in [3.05, 3.63) is 97.7 Å². The van der Waals surface area contributed by atoms with Crippen molar-refractivity contribution in [1.82, 2.24) is 0 Å². The minimum absolute atomic E-state index is 0.155. The fourth-order valence-electron chi connectivity index (χ4n) is 3.00. The standard InChI is InChI=1S/C24H17ClINO4/c1-29-21-8-4-5-16(22(21)30-14-15-9-11-17(26)12-10-15)13-20-24(28)31-23(27-20)18-6-2-3-7-19(18)25/h2-13H,14H2,1H3/b20-13-. The molecule has 0 N–H and O–H groups in total. The van der Waals surface area contributed by atoms with Crippen molar-refractivity contribution < 1.29 is 19.0 Å². The zero-order valence-electron chi connectivity index (χ0n) is 16.5. The topological polar surface area (TPSA) is 57.1 Å². The normalized spacial score (nSPS) is 14.4. The second kappa shape index (κ2) is 9.53. The summed E-state index contributed by atoms with van der Waals surface area (Å²) in [6, 6.07) is 20.6. The number of benzene rings is 3. The van der Waals surface area contributed by atoms with Gasteiger partial charge in [-0.05, 0) is 64.6 Å². The summed E-state index contributed by atoms with van der Waals surface area (Å²) in [6.07, 6.45) is 1.62. The van der Waals surface area contributed by atoms with Gasteiger partial charge in [0.1, 0.15) is 6.61 Å². The van der Waals surface area contributed by atoms with Crippen LogP contribution in [0.25, 0.3) is 6.08 Å². The van der Waals surface area contributed by atoms with Gasteiger partial charge in [-0.15, -0.1) is 0 Å². The number of aliphatic imine (C=N–C) groups is 1. The lowest BCUT2D eigenvalue weighted by atomic mass is 10.1. The molecule has 1 heterocycles. The number of carbonyl (C=O) groups excluding carboxylic acids is 1. The first-order valence-electron chi connectivity index (χ1n) is 9.37. The Kier molecular flexibility index (Phi) is 6.58. The number of rotatable bonds is 6. The van der Waals surface area contributed by atoms with Gasteiger partial charge in [-0.3, -0.25) is 0 Å². The van der Waals surface area contributed by atoms with E-state index in [9.17, 15) is 4.79 Å². The van der Waals surface area contributed by atoms with Crippen LogP contribution in [-0.2, 0) is 16.1 Å². The molecule has 3 aromatic carbocycles. The molecular weight excluding hydrogens is 529 g/mol. The van der Waals surface area contributed by atoms with Crippen LogP contribution in [0.5, 0.6) is 11.5 Å². The Balaban J connectivity index is 1.66. The van der Waals surface area contributed by atoms with Crippen molar-refractivity contribution in [1.29, 1.82) is 0 Å². The van der Waals surface area contributed by atoms with Gasteiger partial charge in [0.05, 0.1) is 17.7 Å². The van der Waals surface area contributed by atoms with Crippen molar-refractivity contribution in [2.45, 2.75) is 6.61 Å². The van der Waals surface area contributed by atoms with Crippen LogP contribution in [0.1, 0.15) is 16.7 Å². The predicted molar refractivity (Wildman–Crippen MR) is 129 cm³/mol. The van der Waals surface area contributed by atoms with Gasteiger partial charge in [-0.1, -0.05) is 48.0 Å². The molecule has 156 valence electrons. The van der Waals surface area contributed by atoms with E-state index in [1.54, 1.807) is 43.5 Å². The number of nitrogens with zero attached hydrogens (tertiary/aromatic N) is 1. The molecule has 7 heteroatoms. The Morgan fingerprint density at radius 3 is 2.58 bits per heavy atom. The van der Waals surface area contributed by atoms with Crippen LogP contribution in [0.15, 0.2) is 77.4 Å². The Labute approximate surface area is 198 Å². The SMILES string of the molecule is COc1cccc(/C=C2\N=C(c3ccccc3Cl)OC2=O)c1OCc1ccc(I)cc1. The molecule has 0 radical (unpaired) electrons. The van der Waals surface area contributed by atoms with E-state index in [0.29, 0.717) is 34.3 Å². The van der Waals surface area contributed by atoms with Crippen LogP contribution in [0.4, 0.5) is 0 Å². The van der Waals surface area contributed by atoms with E-state index >= 15 is 0 Å². The van der Waals surface area contributed by atoms with Gasteiger partial charge in [0.15, 0.2) is 17.2 Å². The van der Waals surface area contributed by atoms with Gasteiger partial charge in [0, 0.05) is 9.13 Å². The predicted octanol–water partition coefficient (Wildman–Crippen LogP) is 5.88. The second-order valence-electron chi connectivity index (χ2n) is 6.61. The molecule has 1 aliphatic rings. The maximum Gasteiger partial charge on any atom is 0.363 e. The van der Waals surface area contributed by atoms with E-state index in [-0.39, 0.29) is 11.6 Å². The summed E-state index contributed by atoms with van der Waals surface area (Å²) in [7, 11) is 1.57. The highest BCUT2D eigenvalue weighted by molar-refractivity contribution is 14.1. The van der Waals surface area contributed by atoms with Crippen LogP contribution in [-0.4, -0.2) is 19.0 Å². The van der Waals surface area contributed by atoms with Crippen LogP contribution >= 0.6 is 34.2 Å². The van der Waals surface area contributed by atoms with Gasteiger partial charge >= 0.3 is 5.97 Å². The van der Waals surface area contributed by atoms with Crippen LogP contribution in [0.3, 0.4) is 0 Å². The molecule has 0 unspecified atom stereocenters. The number of hydrogen-bond acceptors (Lipinski definition) is 5. The quantitative estimate of drug-likeness (QED) is 0.221. The van der Waals surface area contributed by atoms with E-state index < -0.39 is 5.97 Å². The summed E-state index contributed by atoms with van der Waals surface area (Å²) in [5.41, 5.74) is 2.38. The minimum atomic E-state index is -0.554. The number of esters is 1. The van der Waals surface area contributed by atoms with Crippen molar-refractivity contribution in [3.8, 4) is 11.5 Å². The van der Waals surface area contributed by atoms with E-state index in [1.807, 2.05) is 36.4 Å². The van der Waals surface area contributed by atoms with Crippen LogP contribution in [0, 0.1) is 3.57 Å². The Morgan fingerprint density at radius 2 is 1.84 bits per heavy atom. The van der Waals surface area contributed by atoms with Gasteiger partial charge in [0.25, 0.3) is 0 Å². The fourth-order valence-corrected chi connectivity index (χ4v) is 3.58. The molecule has 0 atom stereocenters. The van der Waals surface area contributed by atoms with Gasteiger partial charge in [0.2, 0.25) is 5.90 Å². The van der Waals surface area contributed by atoms with Crippen molar-refractivity contribution >= 4 is 52.1 Å². The first kappa shape index (κ1) is 21.4. The summed E-state index contributed by atoms with van der Waals surface area (Å²) in [5, 5.41) is 0.457. The first-order chi connectivity index (χ1) is 15.0. The molecule has 31 heavy (non-hydrogen) atoms. The zero-order chi connectivity index (χ0) is 21.8. The molecule has 0 aromatic heterocycles. The summed E-state index contributed by atoms with van der Waals surface area (Å²) in [5.74, 6) is 0.694. The van der Waals surface area contributed by atoms with Gasteiger partial charge < -0.3 is 14.2 Å². The average molecular weight is 546 g/mol. The maximum absolute atomic E-state index is 12.4. The lowest BCUT2D eigenvalue weighted by molar-refractivity contribution is -0.129. The number of halogens is 2. The molecule has 1 aliphatic heterocycles. The van der Waals surface area contributed by atoms with E-state index in [2.05, 4.69) is 27.6 Å². The Morgan fingerprint density at radius 1 is 1.06 bits per heavy atom. The summed E-state index contributed by atoms with van der Waals surface area (Å²) in [4.78, 5) is 16.8. The van der Waals surface area contributed by atoms with E-state index in [4.69, 9.17) is 25.8 Å². The molecule has 0 saturated carbocycles. The van der Waals surface area contributed by atoms with Crippen molar-refractivity contribution in [2.75, 3.05) is 7.11 Å². The summed E-state index contributed by atoms with van der Waals surface area (Å²) >= 11 is 8.46. The highest BCUT2D eigenvalue weighted by atomic mass is 127. The molecule has 0 bridgehead atoms. The van der Waals surface area contributed by atoms with Gasteiger partial charge in [-0.25, -0.2) is 9.79 Å². The van der Waals surface area contributed by atoms with Crippen LogP contribution < -0.4 is 9.47 Å². The van der Waals surface area contributed by atoms with E-state index in [1.165, 1.54) is 0 Å². The van der Waals surface area contributed by atoms with Gasteiger partial charge in [-0.2, -0.15) is 0 Å². The average Bonchev–Trinajstić information content (AvgIpc) is 3.14. The smallest absolute Gasteiger partial charge is 0.363 e. The molecule has 5 nitrogen and oxygen atoms in total. The van der Waals surface area contributed by atoms with Crippen LogP contribution in [0.2, 0.25) is 5.02 Å². The lowest BCUT2D eigenvalue weighted by Gasteiger charge is -2.13. The van der Waals surface area contributed by atoms with Crippen molar-refractivity contribution in [2.24, 2.45) is 4.99 Å². The molecule has 4 rings (SSSR count). The number of carbonyl (C=O) groups is 1. The third-order valence-corrected chi connectivity index (χ3v) is 5.59. The molecule has 0 spiro atoms. The molecule has 0 aliphatic carbocycles. The summed E-state index contributed by atoms with van der Waals surface area (Å²) < 4.78 is 18.0. The number of ether oxygens (including phenoxy) is 3. The second-order valence-corrected chi connectivity index (χ2v) is 8.26. The minimum Gasteiger partial charge on any atom is -0.493 e. The summed E-state index contributed by atoms with van der Waals surface area (Å²) in [6.45, 7) is 0.353. The number of para-hydroxylation sites is 1. The van der Waals surface area contributed by atoms with Crippen molar-refractivity contribution in [3.63, 3.8) is 0 Å². The zero-order valence-corrected chi connectivity index (χ0v) is 19.4. The molecule has 3 aromatic rings. The van der Waals surface area contributed by atoms with E-state index in [0.717, 1.165) is 9.13 Å². The molecular formula is C24H17ClINO4. The highest BCUT2D eigenvalue weighted by Crippen LogP contribution is 2.34. The largest absolute Gasteiger partial charge is 0.493 e. The maximum atomic E-state index is 12.4.